The zero-order valence-corrected chi connectivity index (χ0v) is 12.6. The molecule has 1 fully saturated rings. The monoisotopic (exact) mass is 287 g/mol. The SMILES string of the molecule is C=C1c2cc(OC)c(OC)cc2CCN1C(=O)C1CCC1. The number of nitrogens with zero attached hydrogens (tertiary/aromatic N) is 1. The maximum absolute atomic E-state index is 12.5. The van der Waals surface area contributed by atoms with Crippen LogP contribution >= 0.6 is 0 Å². The normalized spacial score (nSPS) is 18.0. The fraction of sp³-hybridized carbons (Fsp3) is 0.471. The van der Waals surface area contributed by atoms with Gasteiger partial charge < -0.3 is 14.4 Å². The third-order valence-corrected chi connectivity index (χ3v) is 4.57. The Morgan fingerprint density at radius 3 is 2.48 bits per heavy atom. The molecule has 1 aliphatic heterocycles. The number of amides is 1. The van der Waals surface area contributed by atoms with Crippen LogP contribution in [0.1, 0.15) is 30.4 Å². The van der Waals surface area contributed by atoms with Gasteiger partial charge in [-0.1, -0.05) is 13.0 Å². The van der Waals surface area contributed by atoms with Gasteiger partial charge in [-0.2, -0.15) is 0 Å². The molecular weight excluding hydrogens is 266 g/mol. The first-order valence-corrected chi connectivity index (χ1v) is 7.41. The number of rotatable bonds is 3. The standard InChI is InChI=1S/C17H21NO3/c1-11-14-10-16(21-3)15(20-2)9-13(14)7-8-18(11)17(19)12-5-4-6-12/h9-10,12H,1,4-8H2,2-3H3. The van der Waals surface area contributed by atoms with E-state index in [2.05, 4.69) is 6.58 Å². The maximum atomic E-state index is 12.5. The highest BCUT2D eigenvalue weighted by molar-refractivity contribution is 5.90. The van der Waals surface area contributed by atoms with E-state index in [9.17, 15) is 4.79 Å². The molecule has 4 heteroatoms. The smallest absolute Gasteiger partial charge is 0.230 e. The lowest BCUT2D eigenvalue weighted by Crippen LogP contribution is -2.40. The van der Waals surface area contributed by atoms with Crippen molar-refractivity contribution in [1.29, 1.82) is 0 Å². The van der Waals surface area contributed by atoms with Gasteiger partial charge in [0.05, 0.1) is 14.2 Å². The summed E-state index contributed by atoms with van der Waals surface area (Å²) in [6.07, 6.45) is 4.02. The van der Waals surface area contributed by atoms with E-state index < -0.39 is 0 Å². The highest BCUT2D eigenvalue weighted by atomic mass is 16.5. The van der Waals surface area contributed by atoms with Gasteiger partial charge in [-0.25, -0.2) is 0 Å². The lowest BCUT2D eigenvalue weighted by molar-refractivity contribution is -0.134. The Morgan fingerprint density at radius 2 is 1.90 bits per heavy atom. The second-order valence-corrected chi connectivity index (χ2v) is 5.68. The number of fused-ring (bicyclic) bond motifs is 1. The number of methoxy groups -OCH3 is 2. The summed E-state index contributed by atoms with van der Waals surface area (Å²) in [5, 5.41) is 0. The Morgan fingerprint density at radius 1 is 1.24 bits per heavy atom. The number of hydrogen-bond acceptors (Lipinski definition) is 3. The van der Waals surface area contributed by atoms with E-state index in [1.807, 2.05) is 17.0 Å². The third kappa shape index (κ3) is 2.28. The van der Waals surface area contributed by atoms with Crippen LogP contribution in [0, 0.1) is 5.92 Å². The van der Waals surface area contributed by atoms with Crippen molar-refractivity contribution in [3.05, 3.63) is 29.8 Å². The van der Waals surface area contributed by atoms with Gasteiger partial charge >= 0.3 is 0 Å². The molecule has 0 spiro atoms. The average molecular weight is 287 g/mol. The predicted molar refractivity (Wildman–Crippen MR) is 81.3 cm³/mol. The van der Waals surface area contributed by atoms with Gasteiger partial charge in [-0.3, -0.25) is 4.79 Å². The first kappa shape index (κ1) is 14.0. The van der Waals surface area contributed by atoms with E-state index in [1.54, 1.807) is 14.2 Å². The van der Waals surface area contributed by atoms with Crippen LogP contribution in [-0.4, -0.2) is 31.6 Å². The summed E-state index contributed by atoms with van der Waals surface area (Å²) >= 11 is 0. The Labute approximate surface area is 125 Å². The summed E-state index contributed by atoms with van der Waals surface area (Å²) in [6, 6.07) is 3.92. The summed E-state index contributed by atoms with van der Waals surface area (Å²) < 4.78 is 10.7. The molecular formula is C17H21NO3. The van der Waals surface area contributed by atoms with Crippen LogP contribution < -0.4 is 9.47 Å². The summed E-state index contributed by atoms with van der Waals surface area (Å²) in [5.74, 6) is 1.83. The molecule has 0 atom stereocenters. The molecule has 1 amide bonds. The van der Waals surface area contributed by atoms with Gasteiger partial charge in [-0.15, -0.1) is 0 Å². The van der Waals surface area contributed by atoms with Crippen molar-refractivity contribution in [2.24, 2.45) is 5.92 Å². The van der Waals surface area contributed by atoms with Crippen LogP contribution in [0.4, 0.5) is 0 Å². The van der Waals surface area contributed by atoms with E-state index in [-0.39, 0.29) is 11.8 Å². The molecule has 0 bridgehead atoms. The van der Waals surface area contributed by atoms with Gasteiger partial charge in [0.15, 0.2) is 11.5 Å². The lowest BCUT2D eigenvalue weighted by Gasteiger charge is -2.36. The molecule has 1 aromatic rings. The van der Waals surface area contributed by atoms with E-state index in [0.29, 0.717) is 12.3 Å². The molecule has 0 N–H and O–H groups in total. The van der Waals surface area contributed by atoms with E-state index in [4.69, 9.17) is 9.47 Å². The van der Waals surface area contributed by atoms with Crippen molar-refractivity contribution in [2.45, 2.75) is 25.7 Å². The zero-order chi connectivity index (χ0) is 15.0. The Kier molecular flexibility index (Phi) is 3.62. The molecule has 0 unspecified atom stereocenters. The van der Waals surface area contributed by atoms with Crippen molar-refractivity contribution < 1.29 is 14.3 Å². The Hall–Kier alpha value is -1.97. The van der Waals surface area contributed by atoms with Crippen LogP contribution in [0.2, 0.25) is 0 Å². The van der Waals surface area contributed by atoms with Crippen LogP contribution in [0.25, 0.3) is 5.70 Å². The van der Waals surface area contributed by atoms with E-state index >= 15 is 0 Å². The Bertz CT molecular complexity index is 590. The summed E-state index contributed by atoms with van der Waals surface area (Å²) in [4.78, 5) is 14.3. The number of carbonyl (C=O) groups is 1. The molecule has 112 valence electrons. The number of ether oxygens (including phenoxy) is 2. The first-order chi connectivity index (χ1) is 10.2. The molecule has 21 heavy (non-hydrogen) atoms. The predicted octanol–water partition coefficient (Wildman–Crippen LogP) is 2.86. The van der Waals surface area contributed by atoms with Crippen molar-refractivity contribution in [1.82, 2.24) is 4.90 Å². The minimum absolute atomic E-state index is 0.198. The van der Waals surface area contributed by atoms with Gasteiger partial charge in [0, 0.05) is 23.7 Å². The maximum Gasteiger partial charge on any atom is 0.230 e. The molecule has 0 saturated heterocycles. The topological polar surface area (TPSA) is 38.8 Å². The number of hydrogen-bond donors (Lipinski definition) is 0. The average Bonchev–Trinajstić information content (AvgIpc) is 2.44. The van der Waals surface area contributed by atoms with Crippen LogP contribution in [0.5, 0.6) is 11.5 Å². The van der Waals surface area contributed by atoms with Crippen molar-refractivity contribution in [3.63, 3.8) is 0 Å². The fourth-order valence-corrected chi connectivity index (χ4v) is 3.03. The molecule has 1 heterocycles. The van der Waals surface area contributed by atoms with Gasteiger partial charge in [0.2, 0.25) is 5.91 Å². The second kappa shape index (κ2) is 5.43. The summed E-state index contributed by atoms with van der Waals surface area (Å²) in [6.45, 7) is 4.84. The minimum atomic E-state index is 0.198. The molecule has 2 aliphatic rings. The first-order valence-electron chi connectivity index (χ1n) is 7.41. The molecule has 0 radical (unpaired) electrons. The summed E-state index contributed by atoms with van der Waals surface area (Å²) in [7, 11) is 3.25. The number of carbonyl (C=O) groups excluding carboxylic acids is 1. The third-order valence-electron chi connectivity index (χ3n) is 4.57. The van der Waals surface area contributed by atoms with Crippen molar-refractivity contribution >= 4 is 11.6 Å². The Balaban J connectivity index is 1.91. The summed E-state index contributed by atoms with van der Waals surface area (Å²) in [5.41, 5.74) is 2.94. The highest BCUT2D eigenvalue weighted by Gasteiger charge is 2.33. The largest absolute Gasteiger partial charge is 0.493 e. The van der Waals surface area contributed by atoms with Crippen molar-refractivity contribution in [3.8, 4) is 11.5 Å². The molecule has 0 aromatic heterocycles. The fourth-order valence-electron chi connectivity index (χ4n) is 3.03. The van der Waals surface area contributed by atoms with Crippen LogP contribution in [-0.2, 0) is 11.2 Å². The highest BCUT2D eigenvalue weighted by Crippen LogP contribution is 2.38. The van der Waals surface area contributed by atoms with E-state index in [1.165, 1.54) is 6.42 Å². The van der Waals surface area contributed by atoms with Crippen LogP contribution in [0.15, 0.2) is 18.7 Å². The lowest BCUT2D eigenvalue weighted by atomic mass is 9.83. The molecule has 1 aromatic carbocycles. The molecule has 3 rings (SSSR count). The molecule has 1 saturated carbocycles. The molecule has 1 aliphatic carbocycles. The van der Waals surface area contributed by atoms with Gasteiger partial charge in [0.1, 0.15) is 0 Å². The zero-order valence-electron chi connectivity index (χ0n) is 12.6. The van der Waals surface area contributed by atoms with Crippen molar-refractivity contribution in [2.75, 3.05) is 20.8 Å². The number of benzene rings is 1. The quantitative estimate of drug-likeness (QED) is 0.858. The molecule has 4 nitrogen and oxygen atoms in total. The minimum Gasteiger partial charge on any atom is -0.493 e. The second-order valence-electron chi connectivity index (χ2n) is 5.68. The van der Waals surface area contributed by atoms with Crippen LogP contribution in [0.3, 0.4) is 0 Å². The van der Waals surface area contributed by atoms with Gasteiger partial charge in [0.25, 0.3) is 0 Å². The van der Waals surface area contributed by atoms with Gasteiger partial charge in [-0.05, 0) is 37.0 Å². The van der Waals surface area contributed by atoms with E-state index in [0.717, 1.165) is 41.8 Å².